The maximum atomic E-state index is 13.0. The highest BCUT2D eigenvalue weighted by atomic mass is 16.6. The number of Topliss-reactive ketones (excluding diaryl/α,β-unsaturated/α-hetero) is 1. The highest BCUT2D eigenvalue weighted by molar-refractivity contribution is 6.01. The summed E-state index contributed by atoms with van der Waals surface area (Å²) in [5, 5.41) is 11.0. The molecule has 2 unspecified atom stereocenters. The molecular weight excluding hydrogens is 296 g/mol. The number of aliphatic hydroxyl groups is 1. The molecule has 0 aromatic heterocycles. The van der Waals surface area contributed by atoms with Gasteiger partial charge < -0.3 is 19.3 Å². The van der Waals surface area contributed by atoms with Crippen LogP contribution in [-0.2, 0) is 19.0 Å². The quantitative estimate of drug-likeness (QED) is 0.761. The number of rotatable bonds is 6. The highest BCUT2D eigenvalue weighted by Crippen LogP contribution is 2.41. The Hall–Kier alpha value is -1.59. The van der Waals surface area contributed by atoms with E-state index in [9.17, 15) is 9.90 Å². The van der Waals surface area contributed by atoms with Gasteiger partial charge in [0.15, 0.2) is 23.2 Å². The average molecular weight is 324 g/mol. The summed E-state index contributed by atoms with van der Waals surface area (Å²) in [6.45, 7) is 14.6. The molecule has 0 spiro atoms. The third-order valence-electron chi connectivity index (χ3n) is 3.75. The van der Waals surface area contributed by atoms with E-state index >= 15 is 0 Å². The molecular formula is C18H28O5. The Kier molecular flexibility index (Phi) is 6.19. The zero-order valence-corrected chi connectivity index (χ0v) is 15.1. The van der Waals surface area contributed by atoms with Crippen LogP contribution in [0.5, 0.6) is 0 Å². The zero-order valence-electron chi connectivity index (χ0n) is 15.1. The van der Waals surface area contributed by atoms with Gasteiger partial charge in [-0.25, -0.2) is 0 Å². The average Bonchev–Trinajstić information content (AvgIpc) is 2.48. The molecule has 0 fully saturated rings. The zero-order chi connectivity index (χ0) is 17.9. The molecule has 5 nitrogen and oxygen atoms in total. The summed E-state index contributed by atoms with van der Waals surface area (Å²) in [4.78, 5) is 13.0. The minimum Gasteiger partial charge on any atom is -0.493 e. The van der Waals surface area contributed by atoms with Crippen LogP contribution in [0.1, 0.15) is 41.5 Å². The molecule has 0 aromatic rings. The van der Waals surface area contributed by atoms with Gasteiger partial charge in [-0.15, -0.1) is 0 Å². The van der Waals surface area contributed by atoms with Crippen molar-refractivity contribution in [2.75, 3.05) is 7.11 Å². The normalized spacial score (nSPS) is 26.3. The molecule has 1 rings (SSSR count). The van der Waals surface area contributed by atoms with Crippen LogP contribution in [0.25, 0.3) is 0 Å². The lowest BCUT2D eigenvalue weighted by molar-refractivity contribution is -0.149. The first-order valence-corrected chi connectivity index (χ1v) is 7.81. The van der Waals surface area contributed by atoms with Gasteiger partial charge in [-0.1, -0.05) is 12.7 Å². The van der Waals surface area contributed by atoms with Gasteiger partial charge in [-0.3, -0.25) is 4.79 Å². The molecule has 0 saturated carbocycles. The first-order chi connectivity index (χ1) is 10.6. The molecule has 0 aliphatic heterocycles. The summed E-state index contributed by atoms with van der Waals surface area (Å²) in [7, 11) is 1.46. The second-order valence-corrected chi connectivity index (χ2v) is 6.15. The lowest BCUT2D eigenvalue weighted by Gasteiger charge is -2.40. The Morgan fingerprint density at radius 3 is 2.26 bits per heavy atom. The van der Waals surface area contributed by atoms with E-state index in [1.807, 2.05) is 27.7 Å². The Morgan fingerprint density at radius 1 is 1.30 bits per heavy atom. The van der Waals surface area contributed by atoms with Crippen molar-refractivity contribution in [2.45, 2.75) is 65.5 Å². The van der Waals surface area contributed by atoms with Crippen LogP contribution in [-0.4, -0.2) is 41.9 Å². The van der Waals surface area contributed by atoms with E-state index in [-0.39, 0.29) is 29.3 Å². The maximum Gasteiger partial charge on any atom is 0.209 e. The number of hydrogen-bond acceptors (Lipinski definition) is 5. The van der Waals surface area contributed by atoms with Crippen molar-refractivity contribution in [1.29, 1.82) is 0 Å². The van der Waals surface area contributed by atoms with E-state index in [4.69, 9.17) is 14.2 Å². The standard InChI is InChI=1S/C18H28O5/c1-9-12(6)18(20)13(7)14(21-8)15(22-10(2)3)16(17(18)19)23-11(4)5/h9-11,16,20H,7H2,1-6,8H3/b12-9-. The third kappa shape index (κ3) is 3.51. The van der Waals surface area contributed by atoms with E-state index in [1.54, 1.807) is 19.9 Å². The van der Waals surface area contributed by atoms with Crippen molar-refractivity contribution in [2.24, 2.45) is 0 Å². The molecule has 0 heterocycles. The highest BCUT2D eigenvalue weighted by Gasteiger charge is 2.53. The van der Waals surface area contributed by atoms with Crippen molar-refractivity contribution in [3.05, 3.63) is 35.3 Å². The largest absolute Gasteiger partial charge is 0.493 e. The second-order valence-electron chi connectivity index (χ2n) is 6.15. The Bertz CT molecular complexity index is 542. The summed E-state index contributed by atoms with van der Waals surface area (Å²) >= 11 is 0. The van der Waals surface area contributed by atoms with Gasteiger partial charge in [0.1, 0.15) is 0 Å². The van der Waals surface area contributed by atoms with Gasteiger partial charge >= 0.3 is 0 Å². The third-order valence-corrected chi connectivity index (χ3v) is 3.75. The van der Waals surface area contributed by atoms with Crippen LogP contribution in [0.4, 0.5) is 0 Å². The van der Waals surface area contributed by atoms with E-state index in [1.165, 1.54) is 7.11 Å². The van der Waals surface area contributed by atoms with Gasteiger partial charge in [0.25, 0.3) is 0 Å². The van der Waals surface area contributed by atoms with E-state index < -0.39 is 17.5 Å². The van der Waals surface area contributed by atoms with Gasteiger partial charge in [0.2, 0.25) is 5.78 Å². The molecule has 0 radical (unpaired) electrons. The molecule has 1 N–H and O–H groups in total. The summed E-state index contributed by atoms with van der Waals surface area (Å²) in [6, 6.07) is 0. The number of ketones is 1. The Balaban J connectivity index is 3.58. The molecule has 0 amide bonds. The monoisotopic (exact) mass is 324 g/mol. The molecule has 0 saturated heterocycles. The van der Waals surface area contributed by atoms with Crippen molar-refractivity contribution in [3.63, 3.8) is 0 Å². The number of carbonyl (C=O) groups is 1. The number of ether oxygens (including phenoxy) is 3. The minimum atomic E-state index is -1.86. The molecule has 23 heavy (non-hydrogen) atoms. The number of allylic oxidation sites excluding steroid dienone is 1. The van der Waals surface area contributed by atoms with Gasteiger partial charge in [0.05, 0.1) is 19.3 Å². The van der Waals surface area contributed by atoms with Gasteiger partial charge in [0, 0.05) is 5.57 Å². The van der Waals surface area contributed by atoms with Crippen LogP contribution in [0.2, 0.25) is 0 Å². The van der Waals surface area contributed by atoms with E-state index in [0.717, 1.165) is 0 Å². The fraction of sp³-hybridized carbons (Fsp3) is 0.611. The molecule has 0 aromatic carbocycles. The molecule has 2 atom stereocenters. The second kappa shape index (κ2) is 7.32. The lowest BCUT2D eigenvalue weighted by atomic mass is 9.75. The molecule has 130 valence electrons. The summed E-state index contributed by atoms with van der Waals surface area (Å²) in [6.07, 6.45) is 0.229. The number of hydrogen-bond donors (Lipinski definition) is 1. The fourth-order valence-corrected chi connectivity index (χ4v) is 2.52. The van der Waals surface area contributed by atoms with Gasteiger partial charge in [-0.2, -0.15) is 0 Å². The molecule has 0 bridgehead atoms. The van der Waals surface area contributed by atoms with Crippen molar-refractivity contribution < 1.29 is 24.1 Å². The van der Waals surface area contributed by atoms with Crippen molar-refractivity contribution >= 4 is 5.78 Å². The molecule has 1 aliphatic rings. The van der Waals surface area contributed by atoms with Crippen LogP contribution in [0.3, 0.4) is 0 Å². The van der Waals surface area contributed by atoms with Crippen LogP contribution in [0, 0.1) is 0 Å². The smallest absolute Gasteiger partial charge is 0.209 e. The minimum absolute atomic E-state index is 0.167. The fourth-order valence-electron chi connectivity index (χ4n) is 2.52. The van der Waals surface area contributed by atoms with Gasteiger partial charge in [-0.05, 0) is 47.1 Å². The van der Waals surface area contributed by atoms with Crippen molar-refractivity contribution in [3.8, 4) is 0 Å². The van der Waals surface area contributed by atoms with E-state index in [0.29, 0.717) is 5.57 Å². The SMILES string of the molecule is C=C1C(OC)=C(OC(C)C)C(OC(C)C)C(=O)C1(O)/C(C)=C\C. The van der Waals surface area contributed by atoms with Crippen LogP contribution in [0.15, 0.2) is 35.3 Å². The first kappa shape index (κ1) is 19.5. The Labute approximate surface area is 138 Å². The summed E-state index contributed by atoms with van der Waals surface area (Å²) < 4.78 is 16.9. The molecule has 5 heteroatoms. The summed E-state index contributed by atoms with van der Waals surface area (Å²) in [5.74, 6) is 0.00989. The van der Waals surface area contributed by atoms with Crippen LogP contribution < -0.4 is 0 Å². The number of methoxy groups -OCH3 is 1. The predicted molar refractivity (Wildman–Crippen MR) is 88.8 cm³/mol. The van der Waals surface area contributed by atoms with Crippen LogP contribution >= 0.6 is 0 Å². The van der Waals surface area contributed by atoms with E-state index in [2.05, 4.69) is 6.58 Å². The molecule has 1 aliphatic carbocycles. The summed E-state index contributed by atoms with van der Waals surface area (Å²) in [5.41, 5.74) is -1.22. The Morgan fingerprint density at radius 2 is 1.87 bits per heavy atom. The lowest BCUT2D eigenvalue weighted by Crippen LogP contribution is -2.54. The van der Waals surface area contributed by atoms with Crippen molar-refractivity contribution in [1.82, 2.24) is 0 Å². The first-order valence-electron chi connectivity index (χ1n) is 7.81. The maximum absolute atomic E-state index is 13.0. The topological polar surface area (TPSA) is 65.0 Å². The predicted octanol–water partition coefficient (Wildman–Crippen LogP) is 2.90. The number of carbonyl (C=O) groups excluding carboxylic acids is 1.